The molecule has 0 aromatic carbocycles. The molecule has 2 aliphatic heterocycles. The summed E-state index contributed by atoms with van der Waals surface area (Å²) in [7, 11) is 6.77. The second kappa shape index (κ2) is 10.1. The van der Waals surface area contributed by atoms with Gasteiger partial charge in [-0.2, -0.15) is 0 Å². The van der Waals surface area contributed by atoms with Gasteiger partial charge in [0.2, 0.25) is 17.7 Å². The molecule has 2 aliphatic rings. The second-order valence-electron chi connectivity index (χ2n) is 7.55. The number of piperidine rings is 1. The highest BCUT2D eigenvalue weighted by atomic mass is 127. The molecule has 0 radical (unpaired) electrons. The van der Waals surface area contributed by atoms with Crippen molar-refractivity contribution in [2.24, 2.45) is 10.4 Å². The number of rotatable bonds is 4. The molecule has 2 fully saturated rings. The third kappa shape index (κ3) is 6.51. The SMILES string of the molecule is CN(C)C(=O)CN=C(NCC(=O)N(C)C)N1CCCC2(CNC(=O)C2)C1.I. The summed E-state index contributed by atoms with van der Waals surface area (Å²) < 4.78 is 0. The molecule has 3 amide bonds. The maximum absolute atomic E-state index is 11.9. The zero-order chi connectivity index (χ0) is 19.3. The smallest absolute Gasteiger partial charge is 0.243 e. The number of guanidine groups is 1. The Balaban J connectivity index is 0.00000364. The van der Waals surface area contributed by atoms with Crippen LogP contribution in [0.4, 0.5) is 0 Å². The lowest BCUT2D eigenvalue weighted by Gasteiger charge is -2.40. The van der Waals surface area contributed by atoms with Gasteiger partial charge in [-0.05, 0) is 12.8 Å². The number of carbonyl (C=O) groups excluding carboxylic acids is 3. The average Bonchev–Trinajstić information content (AvgIpc) is 2.93. The Morgan fingerprint density at radius 1 is 1.22 bits per heavy atom. The molecule has 1 atom stereocenters. The third-order valence-corrected chi connectivity index (χ3v) is 4.92. The fraction of sp³-hybridized carbons (Fsp3) is 0.765. The van der Waals surface area contributed by atoms with E-state index >= 15 is 0 Å². The van der Waals surface area contributed by atoms with Crippen molar-refractivity contribution in [3.63, 3.8) is 0 Å². The van der Waals surface area contributed by atoms with Crippen LogP contribution in [0.3, 0.4) is 0 Å². The second-order valence-corrected chi connectivity index (χ2v) is 7.55. The van der Waals surface area contributed by atoms with Gasteiger partial charge in [0.15, 0.2) is 5.96 Å². The summed E-state index contributed by atoms with van der Waals surface area (Å²) in [6.07, 6.45) is 2.45. The largest absolute Gasteiger partial charge is 0.355 e. The molecule has 154 valence electrons. The summed E-state index contributed by atoms with van der Waals surface area (Å²) in [6, 6.07) is 0. The number of likely N-dealkylation sites (tertiary alicyclic amines) is 1. The van der Waals surface area contributed by atoms with Gasteiger partial charge in [-0.1, -0.05) is 0 Å². The van der Waals surface area contributed by atoms with Crippen LogP contribution in [0.15, 0.2) is 4.99 Å². The molecule has 2 rings (SSSR count). The number of hydrogen-bond acceptors (Lipinski definition) is 4. The Morgan fingerprint density at radius 2 is 1.89 bits per heavy atom. The van der Waals surface area contributed by atoms with Gasteiger partial charge < -0.3 is 25.3 Å². The molecule has 27 heavy (non-hydrogen) atoms. The molecule has 0 aromatic heterocycles. The van der Waals surface area contributed by atoms with Crippen molar-refractivity contribution < 1.29 is 14.4 Å². The maximum Gasteiger partial charge on any atom is 0.243 e. The highest BCUT2D eigenvalue weighted by Gasteiger charge is 2.42. The summed E-state index contributed by atoms with van der Waals surface area (Å²) in [6.45, 7) is 2.27. The minimum atomic E-state index is -0.104. The molecule has 0 aliphatic carbocycles. The Labute approximate surface area is 177 Å². The van der Waals surface area contributed by atoms with Gasteiger partial charge in [-0.25, -0.2) is 4.99 Å². The number of carbonyl (C=O) groups is 3. The van der Waals surface area contributed by atoms with Crippen LogP contribution in [-0.2, 0) is 14.4 Å². The molecule has 2 N–H and O–H groups in total. The van der Waals surface area contributed by atoms with Crippen molar-refractivity contribution in [3.8, 4) is 0 Å². The molecular weight excluding hydrogens is 463 g/mol. The van der Waals surface area contributed by atoms with Crippen molar-refractivity contribution in [1.82, 2.24) is 25.3 Å². The lowest BCUT2D eigenvalue weighted by atomic mass is 9.79. The van der Waals surface area contributed by atoms with E-state index in [1.807, 2.05) is 0 Å². The monoisotopic (exact) mass is 494 g/mol. The van der Waals surface area contributed by atoms with Crippen LogP contribution in [0.1, 0.15) is 19.3 Å². The van der Waals surface area contributed by atoms with Crippen molar-refractivity contribution in [2.75, 3.05) is 60.9 Å². The molecule has 2 heterocycles. The Hall–Kier alpha value is -1.59. The number of nitrogens with zero attached hydrogens (tertiary/aromatic N) is 4. The van der Waals surface area contributed by atoms with Crippen LogP contribution >= 0.6 is 24.0 Å². The summed E-state index contributed by atoms with van der Waals surface area (Å²) >= 11 is 0. The zero-order valence-corrected chi connectivity index (χ0v) is 18.9. The van der Waals surface area contributed by atoms with Gasteiger partial charge in [0, 0.05) is 59.7 Å². The first kappa shape index (κ1) is 23.4. The van der Waals surface area contributed by atoms with E-state index in [2.05, 4.69) is 20.5 Å². The molecule has 0 aromatic rings. The molecule has 1 spiro atoms. The highest BCUT2D eigenvalue weighted by molar-refractivity contribution is 14.0. The van der Waals surface area contributed by atoms with E-state index in [4.69, 9.17) is 0 Å². The van der Waals surface area contributed by atoms with Gasteiger partial charge in [0.25, 0.3) is 0 Å². The third-order valence-electron chi connectivity index (χ3n) is 4.92. The van der Waals surface area contributed by atoms with Crippen molar-refractivity contribution >= 4 is 47.7 Å². The Kier molecular flexibility index (Phi) is 8.76. The van der Waals surface area contributed by atoms with E-state index in [1.54, 1.807) is 28.2 Å². The van der Waals surface area contributed by atoms with E-state index in [0.717, 1.165) is 19.4 Å². The normalized spacial score (nSPS) is 22.1. The van der Waals surface area contributed by atoms with Crippen molar-refractivity contribution in [3.05, 3.63) is 0 Å². The summed E-state index contributed by atoms with van der Waals surface area (Å²) in [5.41, 5.74) is -0.0884. The Bertz CT molecular complexity index is 595. The average molecular weight is 494 g/mol. The number of aliphatic imine (C=N–C) groups is 1. The number of halogens is 1. The minimum Gasteiger partial charge on any atom is -0.355 e. The van der Waals surface area contributed by atoms with E-state index < -0.39 is 0 Å². The van der Waals surface area contributed by atoms with Crippen LogP contribution in [0.2, 0.25) is 0 Å². The highest BCUT2D eigenvalue weighted by Crippen LogP contribution is 2.35. The summed E-state index contributed by atoms with van der Waals surface area (Å²) in [5, 5.41) is 6.01. The Morgan fingerprint density at radius 3 is 2.44 bits per heavy atom. The number of nitrogens with one attached hydrogen (secondary N) is 2. The van der Waals surface area contributed by atoms with E-state index in [0.29, 0.717) is 25.5 Å². The first-order valence-corrected chi connectivity index (χ1v) is 8.93. The fourth-order valence-electron chi connectivity index (χ4n) is 3.29. The molecule has 0 bridgehead atoms. The number of amides is 3. The first-order valence-electron chi connectivity index (χ1n) is 8.93. The quantitative estimate of drug-likeness (QED) is 0.307. The maximum atomic E-state index is 11.9. The van der Waals surface area contributed by atoms with Crippen molar-refractivity contribution in [2.45, 2.75) is 19.3 Å². The van der Waals surface area contributed by atoms with Crippen LogP contribution in [0.5, 0.6) is 0 Å². The first-order chi connectivity index (χ1) is 12.2. The molecule has 9 nitrogen and oxygen atoms in total. The van der Waals surface area contributed by atoms with Gasteiger partial charge in [-0.3, -0.25) is 14.4 Å². The molecule has 2 saturated heterocycles. The summed E-state index contributed by atoms with van der Waals surface area (Å²) in [4.78, 5) is 45.0. The zero-order valence-electron chi connectivity index (χ0n) is 16.6. The van der Waals surface area contributed by atoms with Crippen LogP contribution < -0.4 is 10.6 Å². The predicted molar refractivity (Wildman–Crippen MR) is 114 cm³/mol. The molecule has 1 unspecified atom stereocenters. The van der Waals surface area contributed by atoms with Crippen LogP contribution in [0, 0.1) is 5.41 Å². The number of likely N-dealkylation sites (N-methyl/N-ethyl adjacent to an activating group) is 2. The molecule has 0 saturated carbocycles. The van der Waals surface area contributed by atoms with E-state index in [-0.39, 0.29) is 60.2 Å². The van der Waals surface area contributed by atoms with Gasteiger partial charge in [-0.15, -0.1) is 24.0 Å². The molecular formula is C17H31IN6O3. The fourth-order valence-corrected chi connectivity index (χ4v) is 3.29. The topological polar surface area (TPSA) is 97.3 Å². The lowest BCUT2D eigenvalue weighted by Crippen LogP contribution is -2.53. The number of hydrogen-bond donors (Lipinski definition) is 2. The molecule has 10 heteroatoms. The van der Waals surface area contributed by atoms with Gasteiger partial charge in [0.1, 0.15) is 6.54 Å². The lowest BCUT2D eigenvalue weighted by molar-refractivity contribution is -0.127. The van der Waals surface area contributed by atoms with Crippen LogP contribution in [0.25, 0.3) is 0 Å². The predicted octanol–water partition coefficient (Wildman–Crippen LogP) is -0.671. The van der Waals surface area contributed by atoms with Crippen molar-refractivity contribution in [1.29, 1.82) is 0 Å². The van der Waals surface area contributed by atoms with Gasteiger partial charge in [0.05, 0.1) is 6.54 Å². The standard InChI is InChI=1S/C17H30N6O3.HI/c1-21(2)14(25)9-18-16(19-10-15(26)22(3)4)23-7-5-6-17(12-23)8-13(24)20-11-17;/h5-12H2,1-4H3,(H,18,19)(H,20,24);1H. The van der Waals surface area contributed by atoms with Crippen LogP contribution in [-0.4, -0.2) is 99.3 Å². The van der Waals surface area contributed by atoms with Gasteiger partial charge >= 0.3 is 0 Å². The minimum absolute atomic E-state index is 0. The van der Waals surface area contributed by atoms with E-state index in [1.165, 1.54) is 9.80 Å². The van der Waals surface area contributed by atoms with E-state index in [9.17, 15) is 14.4 Å². The summed E-state index contributed by atoms with van der Waals surface area (Å²) in [5.74, 6) is 0.464.